The van der Waals surface area contributed by atoms with Crippen LogP contribution < -0.4 is 5.73 Å². The lowest BCUT2D eigenvalue weighted by Gasteiger charge is -2.27. The smallest absolute Gasteiger partial charge is 0.254 e. The number of amides is 2. The number of hydrogen-bond acceptors (Lipinski definition) is 3. The number of hydrogen-bond donors (Lipinski definition) is 1. The van der Waals surface area contributed by atoms with Crippen LogP contribution in [0.25, 0.3) is 22.3 Å². The van der Waals surface area contributed by atoms with Gasteiger partial charge in [0.15, 0.2) is 11.6 Å². The predicted molar refractivity (Wildman–Crippen MR) is 115 cm³/mol. The number of carbonyl (C=O) groups excluding carboxylic acids is 2. The minimum absolute atomic E-state index is 0.0512. The van der Waals surface area contributed by atoms with E-state index in [-0.39, 0.29) is 5.91 Å². The molecule has 1 saturated heterocycles. The largest absolute Gasteiger partial charge is 0.378 e. The van der Waals surface area contributed by atoms with Crippen molar-refractivity contribution in [3.8, 4) is 22.3 Å². The molecule has 0 saturated carbocycles. The van der Waals surface area contributed by atoms with E-state index in [0.29, 0.717) is 55.0 Å². The van der Waals surface area contributed by atoms with Gasteiger partial charge in [-0.1, -0.05) is 12.1 Å². The van der Waals surface area contributed by atoms with Gasteiger partial charge in [0.05, 0.1) is 13.2 Å². The highest BCUT2D eigenvalue weighted by molar-refractivity contribution is 6.01. The Hall–Kier alpha value is -3.58. The van der Waals surface area contributed by atoms with Crippen molar-refractivity contribution in [2.24, 2.45) is 5.73 Å². The number of primary amides is 1. The third kappa shape index (κ3) is 3.44. The van der Waals surface area contributed by atoms with Gasteiger partial charge < -0.3 is 15.4 Å². The molecule has 0 bridgehead atoms. The molecular weight excluding hydrogens is 414 g/mol. The average Bonchev–Trinajstić information content (AvgIpc) is 3.18. The fourth-order valence-corrected chi connectivity index (χ4v) is 4.44. The number of rotatable bonds is 3. The van der Waals surface area contributed by atoms with Crippen LogP contribution in [0.15, 0.2) is 48.5 Å². The summed E-state index contributed by atoms with van der Waals surface area (Å²) in [4.78, 5) is 26.9. The van der Waals surface area contributed by atoms with E-state index in [1.807, 2.05) is 18.2 Å². The van der Waals surface area contributed by atoms with Gasteiger partial charge in [0.2, 0.25) is 5.91 Å². The second-order valence-corrected chi connectivity index (χ2v) is 8.00. The number of nitrogens with zero attached hydrogens (tertiary/aromatic N) is 1. The summed E-state index contributed by atoms with van der Waals surface area (Å²) in [6, 6.07) is 12.6. The van der Waals surface area contributed by atoms with E-state index in [9.17, 15) is 18.4 Å². The maximum absolute atomic E-state index is 13.8. The molecule has 1 heterocycles. The highest BCUT2D eigenvalue weighted by Crippen LogP contribution is 2.41. The Kier molecular flexibility index (Phi) is 4.98. The quantitative estimate of drug-likeness (QED) is 0.534. The summed E-state index contributed by atoms with van der Waals surface area (Å²) in [5, 5.41) is 0. The van der Waals surface area contributed by atoms with Gasteiger partial charge in [-0.2, -0.15) is 0 Å². The molecule has 1 aliphatic carbocycles. The van der Waals surface area contributed by atoms with Crippen LogP contribution in [0.1, 0.15) is 31.8 Å². The van der Waals surface area contributed by atoms with Crippen molar-refractivity contribution < 1.29 is 23.1 Å². The molecular formula is C25H20F2N2O3. The Balaban J connectivity index is 1.57. The molecule has 0 atom stereocenters. The maximum atomic E-state index is 13.8. The Morgan fingerprint density at radius 1 is 0.875 bits per heavy atom. The summed E-state index contributed by atoms with van der Waals surface area (Å²) in [7, 11) is 0. The molecule has 2 amide bonds. The fraction of sp³-hybridized carbons (Fsp3) is 0.200. The molecule has 5 rings (SSSR count). The molecule has 7 heteroatoms. The van der Waals surface area contributed by atoms with Gasteiger partial charge in [-0.3, -0.25) is 9.59 Å². The van der Waals surface area contributed by atoms with E-state index >= 15 is 0 Å². The second-order valence-electron chi connectivity index (χ2n) is 8.00. The average molecular weight is 434 g/mol. The van der Waals surface area contributed by atoms with Gasteiger partial charge >= 0.3 is 0 Å². The Labute approximate surface area is 183 Å². The first kappa shape index (κ1) is 20.3. The van der Waals surface area contributed by atoms with E-state index in [0.717, 1.165) is 34.4 Å². The van der Waals surface area contributed by atoms with Gasteiger partial charge in [-0.05, 0) is 76.2 Å². The van der Waals surface area contributed by atoms with Crippen molar-refractivity contribution in [2.45, 2.75) is 6.42 Å². The molecule has 0 aromatic heterocycles. The molecule has 5 nitrogen and oxygen atoms in total. The lowest BCUT2D eigenvalue weighted by Crippen LogP contribution is -2.40. The number of nitrogens with two attached hydrogens (primary N) is 1. The van der Waals surface area contributed by atoms with E-state index in [1.54, 1.807) is 17.0 Å². The highest BCUT2D eigenvalue weighted by Gasteiger charge is 2.27. The van der Waals surface area contributed by atoms with Gasteiger partial charge in [-0.25, -0.2) is 8.78 Å². The standard InChI is InChI=1S/C25H20F2N2O3/c26-22-4-2-14(13-23(22)27)16-10-19-18-3-1-15(25(31)29-5-7-32-8-6-29)9-17(18)12-20(19)21(11-16)24(28)30/h1-4,9-11,13H,5-8,12H2,(H2,28,30). The van der Waals surface area contributed by atoms with Crippen molar-refractivity contribution in [3.05, 3.63) is 82.4 Å². The van der Waals surface area contributed by atoms with Crippen LogP contribution in [0.3, 0.4) is 0 Å². The molecule has 3 aromatic carbocycles. The topological polar surface area (TPSA) is 72.6 Å². The molecule has 32 heavy (non-hydrogen) atoms. The molecule has 0 spiro atoms. The number of halogens is 2. The third-order valence-electron chi connectivity index (χ3n) is 6.08. The molecule has 0 unspecified atom stereocenters. The minimum Gasteiger partial charge on any atom is -0.378 e. The van der Waals surface area contributed by atoms with E-state index in [4.69, 9.17) is 10.5 Å². The SMILES string of the molecule is NC(=O)c1cc(-c2ccc(F)c(F)c2)cc2c1Cc1cc(C(=O)N3CCOCC3)ccc1-2. The molecule has 1 aliphatic heterocycles. The van der Waals surface area contributed by atoms with Crippen molar-refractivity contribution in [1.82, 2.24) is 4.90 Å². The minimum atomic E-state index is -0.963. The Morgan fingerprint density at radius 3 is 2.38 bits per heavy atom. The summed E-state index contributed by atoms with van der Waals surface area (Å²) in [5.74, 6) is -2.55. The normalized spacial score (nSPS) is 14.8. The highest BCUT2D eigenvalue weighted by atomic mass is 19.2. The van der Waals surface area contributed by atoms with Gasteiger partial charge in [0, 0.05) is 24.2 Å². The van der Waals surface area contributed by atoms with Gasteiger partial charge in [0.1, 0.15) is 0 Å². The summed E-state index contributed by atoms with van der Waals surface area (Å²) < 4.78 is 32.5. The van der Waals surface area contributed by atoms with Crippen LogP contribution in [-0.4, -0.2) is 43.0 Å². The van der Waals surface area contributed by atoms with Crippen LogP contribution in [0.4, 0.5) is 8.78 Å². The van der Waals surface area contributed by atoms with E-state index < -0.39 is 17.5 Å². The number of ether oxygens (including phenoxy) is 1. The van der Waals surface area contributed by atoms with Crippen LogP contribution >= 0.6 is 0 Å². The zero-order valence-electron chi connectivity index (χ0n) is 17.2. The number of morpholine rings is 1. The Bertz CT molecular complexity index is 1270. The molecule has 2 N–H and O–H groups in total. The lowest BCUT2D eigenvalue weighted by molar-refractivity contribution is 0.0303. The predicted octanol–water partition coefficient (Wildman–Crippen LogP) is 3.77. The number of benzene rings is 3. The molecule has 1 fully saturated rings. The number of fused-ring (bicyclic) bond motifs is 3. The fourth-order valence-electron chi connectivity index (χ4n) is 4.44. The first-order chi connectivity index (χ1) is 15.4. The maximum Gasteiger partial charge on any atom is 0.254 e. The van der Waals surface area contributed by atoms with Crippen molar-refractivity contribution >= 4 is 11.8 Å². The Morgan fingerprint density at radius 2 is 1.66 bits per heavy atom. The van der Waals surface area contributed by atoms with E-state index in [1.165, 1.54) is 6.07 Å². The summed E-state index contributed by atoms with van der Waals surface area (Å²) >= 11 is 0. The molecule has 3 aromatic rings. The first-order valence-electron chi connectivity index (χ1n) is 10.3. The lowest BCUT2D eigenvalue weighted by atomic mass is 9.94. The van der Waals surface area contributed by atoms with Gasteiger partial charge in [0.25, 0.3) is 5.91 Å². The monoisotopic (exact) mass is 434 g/mol. The first-order valence-corrected chi connectivity index (χ1v) is 10.3. The van der Waals surface area contributed by atoms with Crippen LogP contribution in [0, 0.1) is 11.6 Å². The van der Waals surface area contributed by atoms with Crippen molar-refractivity contribution in [3.63, 3.8) is 0 Å². The summed E-state index contributed by atoms with van der Waals surface area (Å²) in [6.07, 6.45) is 0.464. The van der Waals surface area contributed by atoms with Crippen LogP contribution in [0.5, 0.6) is 0 Å². The van der Waals surface area contributed by atoms with Crippen molar-refractivity contribution in [2.75, 3.05) is 26.3 Å². The van der Waals surface area contributed by atoms with Gasteiger partial charge in [-0.15, -0.1) is 0 Å². The van der Waals surface area contributed by atoms with Crippen LogP contribution in [-0.2, 0) is 11.2 Å². The molecule has 0 radical (unpaired) electrons. The summed E-state index contributed by atoms with van der Waals surface area (Å²) in [5.41, 5.74) is 11.0. The third-order valence-corrected chi connectivity index (χ3v) is 6.08. The number of carbonyl (C=O) groups is 2. The zero-order chi connectivity index (χ0) is 22.4. The molecule has 162 valence electrons. The van der Waals surface area contributed by atoms with Crippen LogP contribution in [0.2, 0.25) is 0 Å². The zero-order valence-corrected chi connectivity index (χ0v) is 17.2. The van der Waals surface area contributed by atoms with Crippen molar-refractivity contribution in [1.29, 1.82) is 0 Å². The molecule has 2 aliphatic rings. The van der Waals surface area contributed by atoms with E-state index in [2.05, 4.69) is 0 Å². The summed E-state index contributed by atoms with van der Waals surface area (Å²) in [6.45, 7) is 2.16. The second kappa shape index (κ2) is 7.84.